The van der Waals surface area contributed by atoms with Crippen molar-refractivity contribution in [1.29, 1.82) is 0 Å². The summed E-state index contributed by atoms with van der Waals surface area (Å²) in [5.41, 5.74) is 0. The number of nitrogens with one attached hydrogen (secondary N) is 1. The first-order chi connectivity index (χ1) is 8.42. The third-order valence-electron chi connectivity index (χ3n) is 3.71. The van der Waals surface area contributed by atoms with E-state index in [1.54, 1.807) is 0 Å². The maximum absolute atomic E-state index is 11.1. The number of sulfone groups is 1. The second kappa shape index (κ2) is 7.46. The molecule has 2 unspecified atom stereocenters. The standard InChI is InChI=1S/C13H28N2O2S/c1-4-8-14-13-7-5-6-12(13)11-15(2)9-10-18(3,16)17/h12-14H,4-11H2,1-3H3. The largest absolute Gasteiger partial charge is 0.314 e. The van der Waals surface area contributed by atoms with Crippen molar-refractivity contribution in [2.24, 2.45) is 5.92 Å². The van der Waals surface area contributed by atoms with E-state index in [9.17, 15) is 8.42 Å². The Morgan fingerprint density at radius 1 is 1.33 bits per heavy atom. The molecular formula is C13H28N2O2S. The molecule has 0 aromatic rings. The molecule has 1 saturated carbocycles. The second-order valence-electron chi connectivity index (χ2n) is 5.64. The van der Waals surface area contributed by atoms with Crippen molar-refractivity contribution in [3.05, 3.63) is 0 Å². The molecule has 0 saturated heterocycles. The lowest BCUT2D eigenvalue weighted by Crippen LogP contribution is -2.39. The van der Waals surface area contributed by atoms with E-state index in [1.807, 2.05) is 7.05 Å². The molecule has 5 heteroatoms. The van der Waals surface area contributed by atoms with Crippen LogP contribution >= 0.6 is 0 Å². The summed E-state index contributed by atoms with van der Waals surface area (Å²) in [5, 5.41) is 3.61. The molecule has 1 N–H and O–H groups in total. The fraction of sp³-hybridized carbons (Fsp3) is 1.00. The van der Waals surface area contributed by atoms with Crippen LogP contribution < -0.4 is 5.32 Å². The maximum atomic E-state index is 11.1. The molecule has 0 amide bonds. The Morgan fingerprint density at radius 2 is 2.06 bits per heavy atom. The first-order valence-corrected chi connectivity index (χ1v) is 9.08. The summed E-state index contributed by atoms with van der Waals surface area (Å²) in [6.07, 6.45) is 6.32. The average Bonchev–Trinajstić information content (AvgIpc) is 2.70. The summed E-state index contributed by atoms with van der Waals surface area (Å²) < 4.78 is 22.3. The maximum Gasteiger partial charge on any atom is 0.148 e. The van der Waals surface area contributed by atoms with Crippen LogP contribution in [0.2, 0.25) is 0 Å². The summed E-state index contributed by atoms with van der Waals surface area (Å²) in [6.45, 7) is 4.94. The van der Waals surface area contributed by atoms with E-state index >= 15 is 0 Å². The first kappa shape index (κ1) is 15.9. The SMILES string of the molecule is CCCNC1CCCC1CN(C)CCS(C)(=O)=O. The third kappa shape index (κ3) is 6.16. The van der Waals surface area contributed by atoms with Crippen LogP contribution in [0, 0.1) is 5.92 Å². The number of nitrogens with zero attached hydrogens (tertiary/aromatic N) is 1. The smallest absolute Gasteiger partial charge is 0.148 e. The van der Waals surface area contributed by atoms with E-state index in [-0.39, 0.29) is 5.75 Å². The second-order valence-corrected chi connectivity index (χ2v) is 7.90. The Kier molecular flexibility index (Phi) is 6.60. The Morgan fingerprint density at radius 3 is 2.67 bits per heavy atom. The Bertz CT molecular complexity index is 330. The summed E-state index contributed by atoms with van der Waals surface area (Å²) in [6, 6.07) is 0.630. The van der Waals surface area contributed by atoms with Crippen molar-refractivity contribution < 1.29 is 8.42 Å². The van der Waals surface area contributed by atoms with E-state index in [0.717, 1.165) is 13.1 Å². The van der Waals surface area contributed by atoms with Crippen LogP contribution in [0.5, 0.6) is 0 Å². The minimum Gasteiger partial charge on any atom is -0.314 e. The van der Waals surface area contributed by atoms with E-state index < -0.39 is 9.84 Å². The third-order valence-corrected chi connectivity index (χ3v) is 4.63. The van der Waals surface area contributed by atoms with Crippen LogP contribution in [0.3, 0.4) is 0 Å². The molecule has 1 aliphatic carbocycles. The normalized spacial score (nSPS) is 24.9. The fourth-order valence-electron chi connectivity index (χ4n) is 2.67. The number of hydrogen-bond donors (Lipinski definition) is 1. The molecule has 18 heavy (non-hydrogen) atoms. The first-order valence-electron chi connectivity index (χ1n) is 7.02. The Balaban J connectivity index is 2.31. The number of hydrogen-bond acceptors (Lipinski definition) is 4. The molecule has 0 radical (unpaired) electrons. The van der Waals surface area contributed by atoms with Gasteiger partial charge in [0.15, 0.2) is 0 Å². The van der Waals surface area contributed by atoms with Crippen LogP contribution in [-0.4, -0.2) is 58.1 Å². The van der Waals surface area contributed by atoms with Gasteiger partial charge in [-0.15, -0.1) is 0 Å². The minimum absolute atomic E-state index is 0.267. The van der Waals surface area contributed by atoms with E-state index in [2.05, 4.69) is 17.1 Å². The monoisotopic (exact) mass is 276 g/mol. The van der Waals surface area contributed by atoms with Gasteiger partial charge in [-0.1, -0.05) is 13.3 Å². The zero-order valence-electron chi connectivity index (χ0n) is 12.0. The Labute approximate surface area is 112 Å². The molecule has 0 spiro atoms. The van der Waals surface area contributed by atoms with Gasteiger partial charge >= 0.3 is 0 Å². The fourth-order valence-corrected chi connectivity index (χ4v) is 3.31. The highest BCUT2D eigenvalue weighted by molar-refractivity contribution is 7.90. The molecule has 1 fully saturated rings. The molecule has 0 heterocycles. The highest BCUT2D eigenvalue weighted by atomic mass is 32.2. The van der Waals surface area contributed by atoms with Crippen LogP contribution in [-0.2, 0) is 9.84 Å². The highest BCUT2D eigenvalue weighted by Crippen LogP contribution is 2.26. The summed E-state index contributed by atoms with van der Waals surface area (Å²) in [4.78, 5) is 2.16. The topological polar surface area (TPSA) is 49.4 Å². The molecule has 1 rings (SSSR count). The van der Waals surface area contributed by atoms with Crippen LogP contribution in [0.4, 0.5) is 0 Å². The van der Waals surface area contributed by atoms with Gasteiger partial charge in [0.2, 0.25) is 0 Å². The zero-order chi connectivity index (χ0) is 13.6. The van der Waals surface area contributed by atoms with Crippen LogP contribution in [0.25, 0.3) is 0 Å². The van der Waals surface area contributed by atoms with Gasteiger partial charge in [-0.2, -0.15) is 0 Å². The quantitative estimate of drug-likeness (QED) is 0.722. The van der Waals surface area contributed by atoms with Crippen molar-refractivity contribution in [3.63, 3.8) is 0 Å². The Hall–Kier alpha value is -0.130. The zero-order valence-corrected chi connectivity index (χ0v) is 12.8. The van der Waals surface area contributed by atoms with Crippen molar-refractivity contribution >= 4 is 9.84 Å². The summed E-state index contributed by atoms with van der Waals surface area (Å²) >= 11 is 0. The summed E-state index contributed by atoms with van der Waals surface area (Å²) in [5.74, 6) is 0.949. The minimum atomic E-state index is -2.84. The number of rotatable bonds is 8. The van der Waals surface area contributed by atoms with Crippen molar-refractivity contribution in [2.75, 3.05) is 38.7 Å². The average molecular weight is 276 g/mol. The van der Waals surface area contributed by atoms with Gasteiger partial charge in [0.25, 0.3) is 0 Å². The van der Waals surface area contributed by atoms with Gasteiger partial charge in [-0.3, -0.25) is 0 Å². The molecule has 2 atom stereocenters. The molecule has 0 aromatic carbocycles. The molecule has 0 aromatic heterocycles. The molecule has 1 aliphatic rings. The van der Waals surface area contributed by atoms with Crippen LogP contribution in [0.1, 0.15) is 32.6 Å². The van der Waals surface area contributed by atoms with Gasteiger partial charge in [-0.25, -0.2) is 8.42 Å². The van der Waals surface area contributed by atoms with Crippen molar-refractivity contribution in [1.82, 2.24) is 10.2 Å². The lowest BCUT2D eigenvalue weighted by atomic mass is 10.0. The molecule has 4 nitrogen and oxygen atoms in total. The van der Waals surface area contributed by atoms with E-state index in [4.69, 9.17) is 0 Å². The van der Waals surface area contributed by atoms with Crippen LogP contribution in [0.15, 0.2) is 0 Å². The molecular weight excluding hydrogens is 248 g/mol. The molecule has 0 aliphatic heterocycles. The predicted molar refractivity (Wildman–Crippen MR) is 76.6 cm³/mol. The molecule has 108 valence electrons. The van der Waals surface area contributed by atoms with Gasteiger partial charge < -0.3 is 10.2 Å². The van der Waals surface area contributed by atoms with Gasteiger partial charge in [0.1, 0.15) is 9.84 Å². The van der Waals surface area contributed by atoms with Gasteiger partial charge in [0.05, 0.1) is 5.75 Å². The van der Waals surface area contributed by atoms with Gasteiger partial charge in [0, 0.05) is 25.4 Å². The van der Waals surface area contributed by atoms with E-state index in [1.165, 1.54) is 31.9 Å². The van der Waals surface area contributed by atoms with Gasteiger partial charge in [-0.05, 0) is 38.8 Å². The summed E-state index contributed by atoms with van der Waals surface area (Å²) in [7, 11) is -0.810. The highest BCUT2D eigenvalue weighted by Gasteiger charge is 2.27. The van der Waals surface area contributed by atoms with Crippen molar-refractivity contribution in [3.8, 4) is 0 Å². The van der Waals surface area contributed by atoms with E-state index in [0.29, 0.717) is 18.5 Å². The lowest BCUT2D eigenvalue weighted by molar-refractivity contribution is 0.261. The van der Waals surface area contributed by atoms with Crippen molar-refractivity contribution in [2.45, 2.75) is 38.6 Å². The lowest BCUT2D eigenvalue weighted by Gasteiger charge is -2.26. The predicted octanol–water partition coefficient (Wildman–Crippen LogP) is 1.13. The molecule has 0 bridgehead atoms.